The van der Waals surface area contributed by atoms with Crippen molar-refractivity contribution in [3.63, 3.8) is 0 Å². The number of hydrogen-bond donors (Lipinski definition) is 1. The molecule has 80 valence electrons. The molecule has 0 aromatic rings. The first-order valence-electron chi connectivity index (χ1n) is 5.47. The van der Waals surface area contributed by atoms with Crippen LogP contribution in [0.1, 0.15) is 39.5 Å². The molecule has 2 nitrogen and oxygen atoms in total. The molecule has 1 N–H and O–H groups in total. The van der Waals surface area contributed by atoms with Gasteiger partial charge in [0.2, 0.25) is 0 Å². The Morgan fingerprint density at radius 2 is 2.21 bits per heavy atom. The first kappa shape index (κ1) is 11.9. The van der Waals surface area contributed by atoms with Crippen LogP contribution in [-0.4, -0.2) is 23.1 Å². The maximum atomic E-state index is 9.10. The third-order valence-corrected chi connectivity index (χ3v) is 3.63. The highest BCUT2D eigenvalue weighted by Gasteiger charge is 2.31. The van der Waals surface area contributed by atoms with E-state index in [1.807, 2.05) is 18.7 Å². The number of nitrogens with zero attached hydrogens (tertiary/aromatic N) is 1. The number of nitrogens with one attached hydrogen (secondary N) is 1. The second kappa shape index (κ2) is 5.63. The number of thioether (sulfide) groups is 1. The molecule has 3 heteroatoms. The average molecular weight is 212 g/mol. The highest BCUT2D eigenvalue weighted by Crippen LogP contribution is 2.24. The molecular formula is C11H20N2S. The quantitative estimate of drug-likeness (QED) is 0.659. The highest BCUT2D eigenvalue weighted by atomic mass is 32.2. The molecule has 0 amide bonds. The predicted molar refractivity (Wildman–Crippen MR) is 62.4 cm³/mol. The average Bonchev–Trinajstić information content (AvgIpc) is 2.96. The minimum absolute atomic E-state index is 0.290. The molecule has 0 aromatic heterocycles. The predicted octanol–water partition coefficient (Wildman–Crippen LogP) is 2.55. The Labute approximate surface area is 91.4 Å². The van der Waals surface area contributed by atoms with E-state index in [1.54, 1.807) is 0 Å². The van der Waals surface area contributed by atoms with E-state index >= 15 is 0 Å². The van der Waals surface area contributed by atoms with Crippen LogP contribution in [0.2, 0.25) is 0 Å². The molecule has 0 aliphatic heterocycles. The van der Waals surface area contributed by atoms with E-state index in [0.29, 0.717) is 6.04 Å². The molecule has 14 heavy (non-hydrogen) atoms. The summed E-state index contributed by atoms with van der Waals surface area (Å²) in [6.07, 6.45) is 4.69. The molecule has 1 fully saturated rings. The third-order valence-electron chi connectivity index (χ3n) is 2.44. The maximum absolute atomic E-state index is 9.10. The van der Waals surface area contributed by atoms with Crippen LogP contribution in [0.5, 0.6) is 0 Å². The summed E-state index contributed by atoms with van der Waals surface area (Å²) in [5.41, 5.74) is -0.290. The molecule has 1 saturated carbocycles. The van der Waals surface area contributed by atoms with Crippen molar-refractivity contribution in [2.45, 2.75) is 51.1 Å². The SMILES string of the molecule is CCCSCCC(C)(C#N)NC1CC1. The Morgan fingerprint density at radius 1 is 1.50 bits per heavy atom. The van der Waals surface area contributed by atoms with E-state index in [2.05, 4.69) is 18.3 Å². The molecule has 0 saturated heterocycles. The monoisotopic (exact) mass is 212 g/mol. The van der Waals surface area contributed by atoms with Gasteiger partial charge in [0.05, 0.1) is 6.07 Å². The lowest BCUT2D eigenvalue weighted by molar-refractivity contribution is 0.434. The minimum atomic E-state index is -0.290. The van der Waals surface area contributed by atoms with Gasteiger partial charge >= 0.3 is 0 Å². The fourth-order valence-corrected chi connectivity index (χ4v) is 2.41. The van der Waals surface area contributed by atoms with Crippen LogP contribution in [0, 0.1) is 11.3 Å². The van der Waals surface area contributed by atoms with Gasteiger partial charge in [0, 0.05) is 6.04 Å². The van der Waals surface area contributed by atoms with Crippen LogP contribution in [0.15, 0.2) is 0 Å². The molecule has 1 rings (SSSR count). The summed E-state index contributed by atoms with van der Waals surface area (Å²) in [4.78, 5) is 0. The molecule has 1 unspecified atom stereocenters. The van der Waals surface area contributed by atoms with E-state index < -0.39 is 0 Å². The van der Waals surface area contributed by atoms with E-state index in [1.165, 1.54) is 25.0 Å². The van der Waals surface area contributed by atoms with Crippen molar-refractivity contribution in [1.82, 2.24) is 5.32 Å². The van der Waals surface area contributed by atoms with Crippen molar-refractivity contribution < 1.29 is 0 Å². The Bertz CT molecular complexity index is 208. The summed E-state index contributed by atoms with van der Waals surface area (Å²) < 4.78 is 0. The molecule has 1 atom stereocenters. The molecule has 0 spiro atoms. The molecule has 0 bridgehead atoms. The van der Waals surface area contributed by atoms with Crippen LogP contribution >= 0.6 is 11.8 Å². The number of nitriles is 1. The minimum Gasteiger partial charge on any atom is -0.297 e. The topological polar surface area (TPSA) is 35.8 Å². The van der Waals surface area contributed by atoms with Crippen LogP contribution in [-0.2, 0) is 0 Å². The summed E-state index contributed by atoms with van der Waals surface area (Å²) in [7, 11) is 0. The summed E-state index contributed by atoms with van der Waals surface area (Å²) in [6, 6.07) is 3.02. The fourth-order valence-electron chi connectivity index (χ4n) is 1.36. The normalized spacial score (nSPS) is 20.1. The Kier molecular flexibility index (Phi) is 4.77. The maximum Gasteiger partial charge on any atom is 0.104 e. The van der Waals surface area contributed by atoms with E-state index in [9.17, 15) is 0 Å². The van der Waals surface area contributed by atoms with Gasteiger partial charge in [-0.3, -0.25) is 5.32 Å². The lowest BCUT2D eigenvalue weighted by Crippen LogP contribution is -2.42. The van der Waals surface area contributed by atoms with E-state index in [0.717, 1.165) is 12.2 Å². The molecule has 0 heterocycles. The Hall–Kier alpha value is -0.200. The van der Waals surface area contributed by atoms with Crippen LogP contribution < -0.4 is 5.32 Å². The molecule has 1 aliphatic carbocycles. The van der Waals surface area contributed by atoms with Gasteiger partial charge in [-0.25, -0.2) is 0 Å². The second-order valence-corrected chi connectivity index (χ2v) is 5.45. The first-order chi connectivity index (χ1) is 6.70. The standard InChI is InChI=1S/C11H20N2S/c1-3-7-14-8-6-11(2,9-12)13-10-4-5-10/h10,13H,3-8H2,1-2H3. The number of hydrogen-bond acceptors (Lipinski definition) is 3. The molecular weight excluding hydrogens is 192 g/mol. The van der Waals surface area contributed by atoms with Gasteiger partial charge in [0.15, 0.2) is 0 Å². The third kappa shape index (κ3) is 4.34. The van der Waals surface area contributed by atoms with Gasteiger partial charge < -0.3 is 0 Å². The molecule has 0 aromatic carbocycles. The lowest BCUT2D eigenvalue weighted by atomic mass is 10.0. The molecule has 1 aliphatic rings. The Morgan fingerprint density at radius 3 is 2.71 bits per heavy atom. The van der Waals surface area contributed by atoms with Gasteiger partial charge in [-0.2, -0.15) is 17.0 Å². The van der Waals surface area contributed by atoms with Crippen molar-refractivity contribution in [3.8, 4) is 6.07 Å². The van der Waals surface area contributed by atoms with Gasteiger partial charge in [-0.1, -0.05) is 6.92 Å². The zero-order chi connectivity index (χ0) is 10.4. The van der Waals surface area contributed by atoms with E-state index in [4.69, 9.17) is 5.26 Å². The summed E-state index contributed by atoms with van der Waals surface area (Å²) in [5, 5.41) is 12.5. The van der Waals surface area contributed by atoms with Gasteiger partial charge in [0.25, 0.3) is 0 Å². The number of rotatable bonds is 7. The zero-order valence-electron chi connectivity index (χ0n) is 9.18. The smallest absolute Gasteiger partial charge is 0.104 e. The van der Waals surface area contributed by atoms with Crippen molar-refractivity contribution in [1.29, 1.82) is 5.26 Å². The van der Waals surface area contributed by atoms with Crippen LogP contribution in [0.25, 0.3) is 0 Å². The van der Waals surface area contributed by atoms with Crippen LogP contribution in [0.4, 0.5) is 0 Å². The largest absolute Gasteiger partial charge is 0.297 e. The van der Waals surface area contributed by atoms with Gasteiger partial charge in [-0.15, -0.1) is 0 Å². The summed E-state index contributed by atoms with van der Waals surface area (Å²) in [6.45, 7) is 4.22. The van der Waals surface area contributed by atoms with Crippen molar-refractivity contribution >= 4 is 11.8 Å². The van der Waals surface area contributed by atoms with Crippen molar-refractivity contribution in [2.24, 2.45) is 0 Å². The van der Waals surface area contributed by atoms with Crippen molar-refractivity contribution in [2.75, 3.05) is 11.5 Å². The highest BCUT2D eigenvalue weighted by molar-refractivity contribution is 7.99. The van der Waals surface area contributed by atoms with Gasteiger partial charge in [0.1, 0.15) is 5.54 Å². The first-order valence-corrected chi connectivity index (χ1v) is 6.62. The second-order valence-electron chi connectivity index (χ2n) is 4.22. The van der Waals surface area contributed by atoms with Crippen molar-refractivity contribution in [3.05, 3.63) is 0 Å². The van der Waals surface area contributed by atoms with Crippen LogP contribution in [0.3, 0.4) is 0 Å². The lowest BCUT2D eigenvalue weighted by Gasteiger charge is -2.22. The van der Waals surface area contributed by atoms with Gasteiger partial charge in [-0.05, 0) is 44.1 Å². The zero-order valence-corrected chi connectivity index (χ0v) is 9.99. The summed E-state index contributed by atoms with van der Waals surface area (Å²) in [5.74, 6) is 2.31. The van der Waals surface area contributed by atoms with E-state index in [-0.39, 0.29) is 5.54 Å². The Balaban J connectivity index is 2.18. The fraction of sp³-hybridized carbons (Fsp3) is 0.909. The molecule has 0 radical (unpaired) electrons. The summed E-state index contributed by atoms with van der Waals surface area (Å²) >= 11 is 1.95.